The molecular weight excluding hydrogens is 266 g/mol. The Morgan fingerprint density at radius 2 is 1.90 bits per heavy atom. The van der Waals surface area contributed by atoms with Crippen LogP contribution in [0.4, 0.5) is 0 Å². The third-order valence-corrected chi connectivity index (χ3v) is 4.36. The van der Waals surface area contributed by atoms with Crippen molar-refractivity contribution in [3.63, 3.8) is 0 Å². The van der Waals surface area contributed by atoms with Crippen molar-refractivity contribution in [3.05, 3.63) is 35.9 Å². The molecule has 1 N–H and O–H groups in total. The molecule has 1 fully saturated rings. The van der Waals surface area contributed by atoms with Gasteiger partial charge in [-0.3, -0.25) is 10.2 Å². The minimum atomic E-state index is -0.893. The molecule has 2 rings (SSSR count). The molecule has 1 aliphatic carbocycles. The van der Waals surface area contributed by atoms with E-state index in [0.717, 1.165) is 18.4 Å². The maximum Gasteiger partial charge on any atom is 0.321 e. The summed E-state index contributed by atoms with van der Waals surface area (Å²) in [7, 11) is 1.38. The molecule has 21 heavy (non-hydrogen) atoms. The van der Waals surface area contributed by atoms with Crippen LogP contribution in [0.5, 0.6) is 0 Å². The van der Waals surface area contributed by atoms with Gasteiger partial charge >= 0.3 is 5.97 Å². The van der Waals surface area contributed by atoms with Gasteiger partial charge in [-0.2, -0.15) is 0 Å². The molecule has 0 bridgehead atoms. The third-order valence-electron chi connectivity index (χ3n) is 4.36. The van der Waals surface area contributed by atoms with E-state index in [9.17, 15) is 4.79 Å². The van der Waals surface area contributed by atoms with Crippen LogP contribution in [0.15, 0.2) is 30.3 Å². The topological polar surface area (TPSA) is 59.4 Å². The summed E-state index contributed by atoms with van der Waals surface area (Å²) >= 11 is 0. The maximum atomic E-state index is 12.2. The van der Waals surface area contributed by atoms with Crippen LogP contribution in [-0.2, 0) is 20.9 Å². The Kier molecular flexibility index (Phi) is 4.99. The molecule has 0 radical (unpaired) electrons. The van der Waals surface area contributed by atoms with Gasteiger partial charge in [-0.05, 0) is 37.2 Å². The number of rotatable bonds is 4. The molecular formula is C17H23NO3. The molecule has 0 amide bonds. The third kappa shape index (κ3) is 3.43. The van der Waals surface area contributed by atoms with Gasteiger partial charge in [-0.15, -0.1) is 0 Å². The molecule has 1 aromatic carbocycles. The molecule has 0 aliphatic heterocycles. The van der Waals surface area contributed by atoms with E-state index in [2.05, 4.69) is 6.92 Å². The number of benzene rings is 1. The fourth-order valence-electron chi connectivity index (χ4n) is 2.84. The summed E-state index contributed by atoms with van der Waals surface area (Å²) in [6.45, 7) is 2.49. The first-order valence-corrected chi connectivity index (χ1v) is 7.42. The second kappa shape index (κ2) is 6.74. The van der Waals surface area contributed by atoms with Gasteiger partial charge in [0.1, 0.15) is 12.0 Å². The second-order valence-corrected chi connectivity index (χ2v) is 5.86. The Morgan fingerprint density at radius 1 is 1.29 bits per heavy atom. The molecule has 0 saturated heterocycles. The zero-order valence-corrected chi connectivity index (χ0v) is 12.7. The standard InChI is InChI=1S/C17H23NO3/c1-13-8-10-17(11-9-13,16(19)20-2)15(18)21-12-14-6-4-3-5-7-14/h3-7,13,18H,8-12H2,1-2H3/t13-,17+. The lowest BCUT2D eigenvalue weighted by Crippen LogP contribution is -2.43. The number of hydrogen-bond donors (Lipinski definition) is 1. The predicted molar refractivity (Wildman–Crippen MR) is 81.0 cm³/mol. The number of carbonyl (C=O) groups excluding carboxylic acids is 1. The van der Waals surface area contributed by atoms with Gasteiger partial charge in [-0.1, -0.05) is 37.3 Å². The van der Waals surface area contributed by atoms with E-state index < -0.39 is 5.41 Å². The SMILES string of the molecule is COC(=O)[C@]1(C(=N)OCc2ccccc2)CC[C@H](C)CC1. The van der Waals surface area contributed by atoms with Crippen molar-refractivity contribution in [1.82, 2.24) is 0 Å². The molecule has 4 nitrogen and oxygen atoms in total. The molecule has 1 aliphatic rings. The van der Waals surface area contributed by atoms with Gasteiger partial charge < -0.3 is 9.47 Å². The summed E-state index contributed by atoms with van der Waals surface area (Å²) in [5, 5.41) is 8.26. The van der Waals surface area contributed by atoms with Crippen LogP contribution >= 0.6 is 0 Å². The normalized spacial score (nSPS) is 25.1. The van der Waals surface area contributed by atoms with Crippen LogP contribution in [0.3, 0.4) is 0 Å². The average Bonchev–Trinajstić information content (AvgIpc) is 2.53. The fourth-order valence-corrected chi connectivity index (χ4v) is 2.84. The molecule has 114 valence electrons. The highest BCUT2D eigenvalue weighted by molar-refractivity contribution is 6.01. The van der Waals surface area contributed by atoms with Gasteiger partial charge in [0, 0.05) is 0 Å². The number of nitrogens with one attached hydrogen (secondary N) is 1. The van der Waals surface area contributed by atoms with E-state index in [1.807, 2.05) is 30.3 Å². The molecule has 0 heterocycles. The van der Waals surface area contributed by atoms with E-state index in [1.54, 1.807) is 0 Å². The van der Waals surface area contributed by atoms with Crippen molar-refractivity contribution < 1.29 is 14.3 Å². The Balaban J connectivity index is 2.06. The number of hydrogen-bond acceptors (Lipinski definition) is 4. The molecule has 1 aromatic rings. The van der Waals surface area contributed by atoms with Crippen molar-refractivity contribution in [2.24, 2.45) is 11.3 Å². The summed E-state index contributed by atoms with van der Waals surface area (Å²) in [4.78, 5) is 12.2. The summed E-state index contributed by atoms with van der Waals surface area (Å²) < 4.78 is 10.6. The largest absolute Gasteiger partial charge is 0.475 e. The first-order chi connectivity index (χ1) is 10.1. The first kappa shape index (κ1) is 15.5. The number of methoxy groups -OCH3 is 1. The van der Waals surface area contributed by atoms with E-state index in [0.29, 0.717) is 25.4 Å². The molecule has 0 aromatic heterocycles. The molecule has 0 atom stereocenters. The lowest BCUT2D eigenvalue weighted by Gasteiger charge is -2.36. The summed E-state index contributed by atoms with van der Waals surface area (Å²) in [6, 6.07) is 9.69. The van der Waals surface area contributed by atoms with Gasteiger partial charge in [-0.25, -0.2) is 0 Å². The quantitative estimate of drug-likeness (QED) is 0.524. The summed E-state index contributed by atoms with van der Waals surface area (Å²) in [6.07, 6.45) is 3.11. The summed E-state index contributed by atoms with van der Waals surface area (Å²) in [5.74, 6) is 0.294. The Hall–Kier alpha value is -1.84. The van der Waals surface area contributed by atoms with Crippen molar-refractivity contribution >= 4 is 11.9 Å². The van der Waals surface area contributed by atoms with Crippen LogP contribution in [0, 0.1) is 16.7 Å². The van der Waals surface area contributed by atoms with Gasteiger partial charge in [0.05, 0.1) is 7.11 Å². The van der Waals surface area contributed by atoms with Crippen LogP contribution in [0.1, 0.15) is 38.2 Å². The van der Waals surface area contributed by atoms with E-state index in [-0.39, 0.29) is 11.9 Å². The van der Waals surface area contributed by atoms with Gasteiger partial charge in [0.15, 0.2) is 5.90 Å². The van der Waals surface area contributed by atoms with Crippen molar-refractivity contribution in [1.29, 1.82) is 5.41 Å². The van der Waals surface area contributed by atoms with E-state index >= 15 is 0 Å². The molecule has 0 unspecified atom stereocenters. The second-order valence-electron chi connectivity index (χ2n) is 5.86. The number of carbonyl (C=O) groups is 1. The lowest BCUT2D eigenvalue weighted by molar-refractivity contribution is -0.151. The summed E-state index contributed by atoms with van der Waals surface area (Å²) in [5.41, 5.74) is 0.0993. The average molecular weight is 289 g/mol. The fraction of sp³-hybridized carbons (Fsp3) is 0.529. The van der Waals surface area contributed by atoms with Gasteiger partial charge in [0.2, 0.25) is 0 Å². The maximum absolute atomic E-state index is 12.2. The molecule has 0 spiro atoms. The van der Waals surface area contributed by atoms with E-state index in [4.69, 9.17) is 14.9 Å². The number of esters is 1. The highest BCUT2D eigenvalue weighted by atomic mass is 16.5. The zero-order chi connectivity index (χ0) is 15.3. The van der Waals surface area contributed by atoms with Gasteiger partial charge in [0.25, 0.3) is 0 Å². The highest BCUT2D eigenvalue weighted by Gasteiger charge is 2.47. The Morgan fingerprint density at radius 3 is 2.48 bits per heavy atom. The zero-order valence-electron chi connectivity index (χ0n) is 12.7. The Bertz CT molecular complexity index is 490. The van der Waals surface area contributed by atoms with Crippen molar-refractivity contribution in [2.45, 2.75) is 39.2 Å². The smallest absolute Gasteiger partial charge is 0.321 e. The molecule has 1 saturated carbocycles. The monoisotopic (exact) mass is 289 g/mol. The van der Waals surface area contributed by atoms with Crippen molar-refractivity contribution in [2.75, 3.05) is 7.11 Å². The predicted octanol–water partition coefficient (Wildman–Crippen LogP) is 3.55. The van der Waals surface area contributed by atoms with Crippen molar-refractivity contribution in [3.8, 4) is 0 Å². The van der Waals surface area contributed by atoms with E-state index in [1.165, 1.54) is 7.11 Å². The Labute approximate surface area is 126 Å². The first-order valence-electron chi connectivity index (χ1n) is 7.42. The van der Waals surface area contributed by atoms with Crippen LogP contribution in [0.25, 0.3) is 0 Å². The minimum absolute atomic E-state index is 0.0464. The number of ether oxygens (including phenoxy) is 2. The lowest BCUT2D eigenvalue weighted by atomic mass is 9.70. The van der Waals surface area contributed by atoms with Crippen LogP contribution in [-0.4, -0.2) is 19.0 Å². The minimum Gasteiger partial charge on any atom is -0.475 e. The molecule has 4 heteroatoms. The van der Waals surface area contributed by atoms with Crippen LogP contribution in [0.2, 0.25) is 0 Å². The highest BCUT2D eigenvalue weighted by Crippen LogP contribution is 2.41. The van der Waals surface area contributed by atoms with Crippen LogP contribution < -0.4 is 0 Å².